The first-order chi connectivity index (χ1) is 16.7. The third-order valence-electron chi connectivity index (χ3n) is 4.76. The minimum atomic E-state index is -4.03. The molecule has 10 nitrogen and oxygen atoms in total. The van der Waals surface area contributed by atoms with Gasteiger partial charge in [0, 0.05) is 11.1 Å². The van der Waals surface area contributed by atoms with E-state index in [-0.39, 0.29) is 22.7 Å². The van der Waals surface area contributed by atoms with Crippen LogP contribution in [0.1, 0.15) is 26.3 Å². The largest absolute Gasteiger partial charge is 0.495 e. The number of rotatable bonds is 8. The van der Waals surface area contributed by atoms with E-state index in [0.29, 0.717) is 11.3 Å². The van der Waals surface area contributed by atoms with Crippen LogP contribution in [0, 0.1) is 6.92 Å². The molecule has 0 saturated carbocycles. The Morgan fingerprint density at radius 2 is 1.51 bits per heavy atom. The van der Waals surface area contributed by atoms with Crippen molar-refractivity contribution in [2.24, 2.45) is 0 Å². The minimum Gasteiger partial charge on any atom is -0.495 e. The third kappa shape index (κ3) is 6.81. The number of aryl methyl sites for hydroxylation is 1. The minimum absolute atomic E-state index is 0.00278. The molecule has 0 saturated heterocycles. The van der Waals surface area contributed by atoms with Gasteiger partial charge in [0.1, 0.15) is 5.75 Å². The molecule has 4 N–H and O–H groups in total. The molecule has 182 valence electrons. The lowest BCUT2D eigenvalue weighted by molar-refractivity contribution is -0.120. The van der Waals surface area contributed by atoms with Crippen molar-refractivity contribution in [3.63, 3.8) is 0 Å². The molecule has 0 aliphatic carbocycles. The van der Waals surface area contributed by atoms with Crippen molar-refractivity contribution in [1.82, 2.24) is 16.2 Å². The van der Waals surface area contributed by atoms with E-state index in [1.54, 1.807) is 42.5 Å². The Morgan fingerprint density at radius 3 is 2.23 bits per heavy atom. The molecule has 11 heteroatoms. The zero-order valence-corrected chi connectivity index (χ0v) is 19.8. The number of sulfonamides is 1. The van der Waals surface area contributed by atoms with E-state index in [1.807, 2.05) is 13.0 Å². The lowest BCUT2D eigenvalue weighted by Crippen LogP contribution is -2.46. The molecule has 0 fully saturated rings. The number of methoxy groups -OCH3 is 1. The lowest BCUT2D eigenvalue weighted by Gasteiger charge is -2.12. The maximum Gasteiger partial charge on any atom is 0.269 e. The predicted octanol–water partition coefficient (Wildman–Crippen LogP) is 2.00. The highest BCUT2D eigenvalue weighted by Crippen LogP contribution is 2.26. The highest BCUT2D eigenvalue weighted by atomic mass is 32.2. The molecule has 0 heterocycles. The van der Waals surface area contributed by atoms with Crippen LogP contribution in [-0.4, -0.2) is 39.8 Å². The standard InChI is InChI=1S/C24H24N4O6S/c1-16-7-5-8-17(13-16)23(30)25-15-22(29)26-27-24(31)18-9-6-10-19(14-18)35(32,33)28-20-11-3-4-12-21(20)34-2/h3-14,28H,15H2,1-2H3,(H,25,30)(H,26,29)(H,27,31). The molecule has 0 aromatic heterocycles. The van der Waals surface area contributed by atoms with Gasteiger partial charge >= 0.3 is 0 Å². The van der Waals surface area contributed by atoms with Gasteiger partial charge in [-0.2, -0.15) is 0 Å². The lowest BCUT2D eigenvalue weighted by atomic mass is 10.1. The number of amides is 3. The first-order valence-electron chi connectivity index (χ1n) is 10.4. The van der Waals surface area contributed by atoms with Crippen LogP contribution < -0.4 is 25.6 Å². The van der Waals surface area contributed by atoms with Crippen molar-refractivity contribution >= 4 is 33.4 Å². The van der Waals surface area contributed by atoms with Crippen LogP contribution in [0.15, 0.2) is 77.7 Å². The zero-order chi connectivity index (χ0) is 25.4. The van der Waals surface area contributed by atoms with E-state index in [0.717, 1.165) is 5.56 Å². The summed E-state index contributed by atoms with van der Waals surface area (Å²) < 4.78 is 33.1. The van der Waals surface area contributed by atoms with Gasteiger partial charge in [-0.3, -0.25) is 30.0 Å². The summed E-state index contributed by atoms with van der Waals surface area (Å²) in [5, 5.41) is 2.45. The van der Waals surface area contributed by atoms with E-state index >= 15 is 0 Å². The number of hydrazine groups is 1. The van der Waals surface area contributed by atoms with E-state index in [2.05, 4.69) is 20.9 Å². The van der Waals surface area contributed by atoms with E-state index < -0.39 is 27.7 Å². The second-order valence-corrected chi connectivity index (χ2v) is 9.07. The SMILES string of the molecule is COc1ccccc1NS(=O)(=O)c1cccc(C(=O)NNC(=O)CNC(=O)c2cccc(C)c2)c1. The van der Waals surface area contributed by atoms with Crippen molar-refractivity contribution in [2.45, 2.75) is 11.8 Å². The van der Waals surface area contributed by atoms with Crippen molar-refractivity contribution in [1.29, 1.82) is 0 Å². The Kier molecular flexibility index (Phi) is 8.05. The molecule has 0 atom stereocenters. The number of carbonyl (C=O) groups excluding carboxylic acids is 3. The fourth-order valence-corrected chi connectivity index (χ4v) is 4.14. The molecule has 0 spiro atoms. The number of nitrogens with one attached hydrogen (secondary N) is 4. The topological polar surface area (TPSA) is 143 Å². The molecular formula is C24H24N4O6S. The van der Waals surface area contributed by atoms with Crippen molar-refractivity contribution in [3.8, 4) is 5.75 Å². The maximum absolute atomic E-state index is 12.8. The van der Waals surface area contributed by atoms with Crippen molar-refractivity contribution in [3.05, 3.63) is 89.5 Å². The summed E-state index contributed by atoms with van der Waals surface area (Å²) in [6.07, 6.45) is 0. The maximum atomic E-state index is 12.8. The number of ether oxygens (including phenoxy) is 1. The third-order valence-corrected chi connectivity index (χ3v) is 6.13. The van der Waals surface area contributed by atoms with Gasteiger partial charge in [0.25, 0.3) is 27.7 Å². The molecule has 0 unspecified atom stereocenters. The molecule has 3 aromatic rings. The Morgan fingerprint density at radius 1 is 0.829 bits per heavy atom. The number of anilines is 1. The van der Waals surface area contributed by atoms with Gasteiger partial charge in [0.05, 0.1) is 24.2 Å². The monoisotopic (exact) mass is 496 g/mol. The molecule has 0 aliphatic rings. The Labute approximate surface area is 202 Å². The fourth-order valence-electron chi connectivity index (χ4n) is 3.03. The normalized spacial score (nSPS) is 10.7. The van der Waals surface area contributed by atoms with Gasteiger partial charge in [0.15, 0.2) is 0 Å². The number of hydrogen-bond donors (Lipinski definition) is 4. The van der Waals surface area contributed by atoms with Gasteiger partial charge in [-0.1, -0.05) is 35.9 Å². The highest BCUT2D eigenvalue weighted by Gasteiger charge is 2.18. The van der Waals surface area contributed by atoms with Crippen molar-refractivity contribution in [2.75, 3.05) is 18.4 Å². The Balaban J connectivity index is 1.58. The van der Waals surface area contributed by atoms with Crippen LogP contribution in [0.25, 0.3) is 0 Å². The van der Waals surface area contributed by atoms with E-state index in [1.165, 1.54) is 31.4 Å². The summed E-state index contributed by atoms with van der Waals surface area (Å²) in [7, 11) is -2.61. The van der Waals surface area contributed by atoms with Gasteiger partial charge in [0.2, 0.25) is 0 Å². The molecular weight excluding hydrogens is 472 g/mol. The number of carbonyl (C=O) groups is 3. The van der Waals surface area contributed by atoms with Crippen LogP contribution in [0.4, 0.5) is 5.69 Å². The molecule has 0 bridgehead atoms. The van der Waals surface area contributed by atoms with Crippen LogP contribution in [0.5, 0.6) is 5.75 Å². The predicted molar refractivity (Wildman–Crippen MR) is 129 cm³/mol. The van der Waals surface area contributed by atoms with Gasteiger partial charge in [-0.15, -0.1) is 0 Å². The molecule has 0 radical (unpaired) electrons. The Bertz CT molecular complexity index is 1360. The van der Waals surface area contributed by atoms with Gasteiger partial charge in [-0.05, 0) is 49.4 Å². The number of hydrogen-bond acceptors (Lipinski definition) is 6. The first kappa shape index (κ1) is 25.2. The van der Waals surface area contributed by atoms with Gasteiger partial charge in [-0.25, -0.2) is 8.42 Å². The molecule has 35 heavy (non-hydrogen) atoms. The van der Waals surface area contributed by atoms with Crippen molar-refractivity contribution < 1.29 is 27.5 Å². The first-order valence-corrected chi connectivity index (χ1v) is 11.9. The summed E-state index contributed by atoms with van der Waals surface area (Å²) in [5.41, 5.74) is 5.91. The summed E-state index contributed by atoms with van der Waals surface area (Å²) in [4.78, 5) is 36.4. The smallest absolute Gasteiger partial charge is 0.269 e. The highest BCUT2D eigenvalue weighted by molar-refractivity contribution is 7.92. The molecule has 0 aliphatic heterocycles. The van der Waals surface area contributed by atoms with Crippen LogP contribution in [0.3, 0.4) is 0 Å². The summed E-state index contributed by atoms with van der Waals surface area (Å²) in [5.74, 6) is -1.50. The Hall–Kier alpha value is -4.38. The quantitative estimate of drug-likeness (QED) is 0.351. The number of para-hydroxylation sites is 2. The van der Waals surface area contributed by atoms with Crippen LogP contribution in [0.2, 0.25) is 0 Å². The average molecular weight is 497 g/mol. The molecule has 3 rings (SSSR count). The van der Waals surface area contributed by atoms with Crippen LogP contribution in [-0.2, 0) is 14.8 Å². The van der Waals surface area contributed by atoms with E-state index in [4.69, 9.17) is 4.74 Å². The van der Waals surface area contributed by atoms with Gasteiger partial charge < -0.3 is 10.1 Å². The summed E-state index contributed by atoms with van der Waals surface area (Å²) in [6, 6.07) is 18.6. The summed E-state index contributed by atoms with van der Waals surface area (Å²) in [6.45, 7) is 1.47. The van der Waals surface area contributed by atoms with E-state index in [9.17, 15) is 22.8 Å². The second-order valence-electron chi connectivity index (χ2n) is 7.39. The fraction of sp³-hybridized carbons (Fsp3) is 0.125. The molecule has 3 amide bonds. The van der Waals surface area contributed by atoms with Crippen LogP contribution >= 0.6 is 0 Å². The second kappa shape index (κ2) is 11.2. The summed E-state index contributed by atoms with van der Waals surface area (Å²) >= 11 is 0. The number of benzene rings is 3. The average Bonchev–Trinajstić information content (AvgIpc) is 2.86. The zero-order valence-electron chi connectivity index (χ0n) is 19.0. The molecule has 3 aromatic carbocycles.